The fourth-order valence-electron chi connectivity index (χ4n) is 2.81. The average molecular weight is 395 g/mol. The number of hydrogen-bond donors (Lipinski definition) is 1. The Balaban J connectivity index is 1.89. The topological polar surface area (TPSA) is 107 Å². The van der Waals surface area contributed by atoms with Crippen LogP contribution in [0.25, 0.3) is 0 Å². The van der Waals surface area contributed by atoms with Gasteiger partial charge < -0.3 is 10.1 Å². The van der Waals surface area contributed by atoms with Crippen LogP contribution in [0, 0.1) is 11.8 Å². The second kappa shape index (κ2) is 8.65. The van der Waals surface area contributed by atoms with Crippen LogP contribution in [0.1, 0.15) is 44.0 Å². The van der Waals surface area contributed by atoms with Crippen LogP contribution in [-0.2, 0) is 24.2 Å². The van der Waals surface area contributed by atoms with Crippen molar-refractivity contribution in [3.8, 4) is 0 Å². The van der Waals surface area contributed by atoms with Crippen LogP contribution < -0.4 is 5.32 Å². The predicted octanol–water partition coefficient (Wildman–Crippen LogP) is 2.22. The van der Waals surface area contributed by atoms with Crippen molar-refractivity contribution in [2.45, 2.75) is 39.7 Å². The molecule has 1 saturated heterocycles. The second-order valence-corrected chi connectivity index (χ2v) is 9.42. The molecule has 0 unspecified atom stereocenters. The highest BCUT2D eigenvalue weighted by Gasteiger charge is 2.31. The fourth-order valence-corrected chi connectivity index (χ4v) is 4.67. The number of carbonyl (C=O) groups is 3. The number of carbonyl (C=O) groups excluding carboxylic acids is 3. The molecule has 0 saturated carbocycles. The van der Waals surface area contributed by atoms with Crippen LogP contribution >= 0.6 is 0 Å². The highest BCUT2D eigenvalue weighted by molar-refractivity contribution is 7.91. The first-order valence-electron chi connectivity index (χ1n) is 8.92. The molecule has 1 aliphatic heterocycles. The van der Waals surface area contributed by atoms with Crippen molar-refractivity contribution >= 4 is 33.2 Å². The van der Waals surface area contributed by atoms with E-state index in [-0.39, 0.29) is 41.5 Å². The molecule has 0 spiro atoms. The van der Waals surface area contributed by atoms with E-state index >= 15 is 0 Å². The zero-order chi connectivity index (χ0) is 20.2. The first kappa shape index (κ1) is 21.1. The molecule has 1 heterocycles. The number of ketones is 1. The molecule has 1 fully saturated rings. The van der Waals surface area contributed by atoms with Crippen LogP contribution in [0.5, 0.6) is 0 Å². The first-order chi connectivity index (χ1) is 12.6. The molecule has 0 aromatic heterocycles. The predicted molar refractivity (Wildman–Crippen MR) is 101 cm³/mol. The number of sulfone groups is 1. The summed E-state index contributed by atoms with van der Waals surface area (Å²) in [6, 6.07) is 6.36. The summed E-state index contributed by atoms with van der Waals surface area (Å²) in [5.74, 6) is -1.35. The molecule has 0 radical (unpaired) electrons. The Hall–Kier alpha value is -2.22. The van der Waals surface area contributed by atoms with Gasteiger partial charge in [0.1, 0.15) is 0 Å². The Morgan fingerprint density at radius 1 is 1.15 bits per heavy atom. The van der Waals surface area contributed by atoms with E-state index in [1.807, 2.05) is 0 Å². The summed E-state index contributed by atoms with van der Waals surface area (Å²) in [6.45, 7) is 5.05. The number of Topliss-reactive ketones (excluding diaryl/α,β-unsaturated/α-hetero) is 1. The summed E-state index contributed by atoms with van der Waals surface area (Å²) in [6.07, 6.45) is -0.521. The van der Waals surface area contributed by atoms with E-state index < -0.39 is 21.9 Å². The largest absolute Gasteiger partial charge is 0.454 e. The first-order valence-corrected chi connectivity index (χ1v) is 10.7. The molecular weight excluding hydrogens is 370 g/mol. The van der Waals surface area contributed by atoms with Crippen molar-refractivity contribution in [3.63, 3.8) is 0 Å². The molecule has 8 heteroatoms. The minimum Gasteiger partial charge on any atom is -0.454 e. The summed E-state index contributed by atoms with van der Waals surface area (Å²) in [5.41, 5.74) is 0.943. The van der Waals surface area contributed by atoms with Gasteiger partial charge in [-0.3, -0.25) is 14.4 Å². The molecule has 1 aromatic carbocycles. The Kier molecular flexibility index (Phi) is 6.75. The van der Waals surface area contributed by atoms with E-state index in [1.54, 1.807) is 38.1 Å². The number of amides is 1. The highest BCUT2D eigenvalue weighted by Crippen LogP contribution is 2.22. The van der Waals surface area contributed by atoms with Crippen molar-refractivity contribution in [1.82, 2.24) is 0 Å². The lowest BCUT2D eigenvalue weighted by molar-refractivity contribution is -0.147. The maximum absolute atomic E-state index is 12.4. The van der Waals surface area contributed by atoms with Gasteiger partial charge in [-0.1, -0.05) is 13.8 Å². The Morgan fingerprint density at radius 2 is 1.78 bits per heavy atom. The minimum absolute atomic E-state index is 0.00295. The third-order valence-electron chi connectivity index (χ3n) is 4.42. The maximum Gasteiger partial charge on any atom is 0.306 e. The lowest BCUT2D eigenvalue weighted by atomic mass is 10.0. The van der Waals surface area contributed by atoms with Gasteiger partial charge in [-0.25, -0.2) is 8.42 Å². The van der Waals surface area contributed by atoms with E-state index in [2.05, 4.69) is 5.32 Å². The summed E-state index contributed by atoms with van der Waals surface area (Å²) in [7, 11) is -3.05. The number of esters is 1. The normalized spacial score (nSPS) is 19.5. The van der Waals surface area contributed by atoms with Crippen LogP contribution in [-0.4, -0.2) is 43.7 Å². The molecule has 0 aliphatic carbocycles. The number of anilines is 1. The molecule has 7 nitrogen and oxygen atoms in total. The van der Waals surface area contributed by atoms with Gasteiger partial charge in [0.25, 0.3) is 0 Å². The number of rotatable bonds is 7. The Morgan fingerprint density at radius 3 is 2.30 bits per heavy atom. The zero-order valence-corrected chi connectivity index (χ0v) is 16.5. The average Bonchev–Trinajstić information content (AvgIpc) is 2.93. The van der Waals surface area contributed by atoms with Gasteiger partial charge in [0, 0.05) is 23.6 Å². The van der Waals surface area contributed by atoms with Crippen LogP contribution in [0.4, 0.5) is 5.69 Å². The standard InChI is InChI=1S/C19H25NO6S/c1-12(2)19(23)20-16-6-4-15(5-7-16)18(22)13(3)26-17(21)10-14-8-9-27(24,25)11-14/h4-7,12-14H,8-11H2,1-3H3,(H,20,23)/t13-,14+/m1/s1. The molecule has 2 atom stereocenters. The molecule has 1 amide bonds. The van der Waals surface area contributed by atoms with E-state index in [1.165, 1.54) is 6.92 Å². The molecule has 1 aromatic rings. The van der Waals surface area contributed by atoms with Crippen molar-refractivity contribution in [3.05, 3.63) is 29.8 Å². The zero-order valence-electron chi connectivity index (χ0n) is 15.7. The van der Waals surface area contributed by atoms with Crippen molar-refractivity contribution < 1.29 is 27.5 Å². The molecular formula is C19H25NO6S. The number of hydrogen-bond acceptors (Lipinski definition) is 6. The Bertz CT molecular complexity index is 813. The third-order valence-corrected chi connectivity index (χ3v) is 6.26. The lowest BCUT2D eigenvalue weighted by Crippen LogP contribution is -2.25. The quantitative estimate of drug-likeness (QED) is 0.560. The van der Waals surface area contributed by atoms with Gasteiger partial charge in [0.2, 0.25) is 11.7 Å². The monoisotopic (exact) mass is 395 g/mol. The maximum atomic E-state index is 12.4. The van der Waals surface area contributed by atoms with Gasteiger partial charge >= 0.3 is 5.97 Å². The summed E-state index contributed by atoms with van der Waals surface area (Å²) < 4.78 is 28.0. The molecule has 0 bridgehead atoms. The van der Waals surface area contributed by atoms with Crippen LogP contribution in [0.15, 0.2) is 24.3 Å². The SMILES string of the molecule is CC(C)C(=O)Nc1ccc(C(=O)[C@@H](C)OC(=O)C[C@@H]2CCS(=O)(=O)C2)cc1. The fraction of sp³-hybridized carbons (Fsp3) is 0.526. The van der Waals surface area contributed by atoms with Gasteiger partial charge in [-0.05, 0) is 43.5 Å². The molecule has 2 rings (SSSR count). The van der Waals surface area contributed by atoms with Gasteiger partial charge in [-0.15, -0.1) is 0 Å². The Labute approximate surface area is 159 Å². The van der Waals surface area contributed by atoms with Gasteiger partial charge in [-0.2, -0.15) is 0 Å². The lowest BCUT2D eigenvalue weighted by Gasteiger charge is -2.14. The van der Waals surface area contributed by atoms with Crippen molar-refractivity contribution in [1.29, 1.82) is 0 Å². The molecule has 1 aliphatic rings. The summed E-state index contributed by atoms with van der Waals surface area (Å²) in [4.78, 5) is 36.1. The minimum atomic E-state index is -3.05. The van der Waals surface area contributed by atoms with Crippen LogP contribution in [0.3, 0.4) is 0 Å². The van der Waals surface area contributed by atoms with E-state index in [4.69, 9.17) is 4.74 Å². The smallest absolute Gasteiger partial charge is 0.306 e. The number of benzene rings is 1. The highest BCUT2D eigenvalue weighted by atomic mass is 32.2. The van der Waals surface area contributed by atoms with E-state index in [0.29, 0.717) is 17.7 Å². The number of ether oxygens (including phenoxy) is 1. The van der Waals surface area contributed by atoms with Crippen LogP contribution in [0.2, 0.25) is 0 Å². The van der Waals surface area contributed by atoms with Crippen molar-refractivity contribution in [2.24, 2.45) is 11.8 Å². The number of nitrogens with one attached hydrogen (secondary N) is 1. The molecule has 27 heavy (non-hydrogen) atoms. The summed E-state index contributed by atoms with van der Waals surface area (Å²) >= 11 is 0. The second-order valence-electron chi connectivity index (χ2n) is 7.19. The van der Waals surface area contributed by atoms with Gasteiger partial charge in [0.15, 0.2) is 15.9 Å². The van der Waals surface area contributed by atoms with Crippen molar-refractivity contribution in [2.75, 3.05) is 16.8 Å². The van der Waals surface area contributed by atoms with E-state index in [0.717, 1.165) is 0 Å². The van der Waals surface area contributed by atoms with E-state index in [9.17, 15) is 22.8 Å². The van der Waals surface area contributed by atoms with Gasteiger partial charge in [0.05, 0.1) is 11.5 Å². The third kappa shape index (κ3) is 6.16. The molecule has 148 valence electrons. The molecule has 1 N–H and O–H groups in total. The summed E-state index contributed by atoms with van der Waals surface area (Å²) in [5, 5.41) is 2.73.